The molecule has 23 heavy (non-hydrogen) atoms. The van der Waals surface area contributed by atoms with Gasteiger partial charge < -0.3 is 10.1 Å². The van der Waals surface area contributed by atoms with Crippen LogP contribution < -0.4 is 5.32 Å². The second-order valence-electron chi connectivity index (χ2n) is 7.09. The van der Waals surface area contributed by atoms with E-state index in [4.69, 9.17) is 4.74 Å². The molecular formula is C17H28N4O2. The van der Waals surface area contributed by atoms with Crippen molar-refractivity contribution in [2.45, 2.75) is 46.2 Å². The molecular weight excluding hydrogens is 292 g/mol. The van der Waals surface area contributed by atoms with E-state index >= 15 is 0 Å². The van der Waals surface area contributed by atoms with Gasteiger partial charge in [-0.3, -0.25) is 14.4 Å². The average molecular weight is 320 g/mol. The lowest BCUT2D eigenvalue weighted by Crippen LogP contribution is -2.29. The van der Waals surface area contributed by atoms with Crippen LogP contribution in [0.3, 0.4) is 0 Å². The van der Waals surface area contributed by atoms with Crippen molar-refractivity contribution in [2.24, 2.45) is 5.41 Å². The van der Waals surface area contributed by atoms with E-state index in [2.05, 4.69) is 29.2 Å². The highest BCUT2D eigenvalue weighted by Gasteiger charge is 2.40. The number of rotatable bonds is 5. The summed E-state index contributed by atoms with van der Waals surface area (Å²) in [6.07, 6.45) is 2.98. The molecule has 6 heteroatoms. The molecule has 1 atom stereocenters. The van der Waals surface area contributed by atoms with Crippen LogP contribution in [0.1, 0.15) is 36.2 Å². The van der Waals surface area contributed by atoms with Crippen molar-refractivity contribution < 1.29 is 9.53 Å². The SMILES string of the molecule is COC(=O)CCn1nc(C)c(CN2CCC3(CCNC3)C2)c1C. The molecule has 6 nitrogen and oxygen atoms in total. The molecule has 0 aromatic carbocycles. The lowest BCUT2D eigenvalue weighted by atomic mass is 9.86. The van der Waals surface area contributed by atoms with Crippen LogP contribution in [0.5, 0.6) is 0 Å². The third-order valence-electron chi connectivity index (χ3n) is 5.52. The Morgan fingerprint density at radius 3 is 2.91 bits per heavy atom. The van der Waals surface area contributed by atoms with Crippen LogP contribution in [0.4, 0.5) is 0 Å². The van der Waals surface area contributed by atoms with Gasteiger partial charge in [0.15, 0.2) is 0 Å². The van der Waals surface area contributed by atoms with Gasteiger partial charge in [0, 0.05) is 30.9 Å². The van der Waals surface area contributed by atoms with Crippen LogP contribution >= 0.6 is 0 Å². The minimum absolute atomic E-state index is 0.186. The normalized spacial score (nSPS) is 24.7. The first kappa shape index (κ1) is 16.5. The van der Waals surface area contributed by atoms with Gasteiger partial charge in [0.05, 0.1) is 25.8 Å². The Bertz CT molecular complexity index is 575. The highest BCUT2D eigenvalue weighted by Crippen LogP contribution is 2.36. The standard InChI is InChI=1S/C17H28N4O2/c1-13-15(14(2)21(19-13)8-4-16(22)23-3)10-20-9-6-17(12-20)5-7-18-11-17/h18H,4-12H2,1-3H3. The minimum Gasteiger partial charge on any atom is -0.469 e. The van der Waals surface area contributed by atoms with Crippen LogP contribution in [-0.4, -0.2) is 53.9 Å². The van der Waals surface area contributed by atoms with E-state index in [1.165, 1.54) is 50.8 Å². The summed E-state index contributed by atoms with van der Waals surface area (Å²) in [5.41, 5.74) is 4.08. The monoisotopic (exact) mass is 320 g/mol. The van der Waals surface area contributed by atoms with Crippen molar-refractivity contribution in [2.75, 3.05) is 33.3 Å². The Kier molecular flexibility index (Phi) is 4.73. The van der Waals surface area contributed by atoms with Crippen LogP contribution in [0.25, 0.3) is 0 Å². The Labute approximate surface area is 138 Å². The van der Waals surface area contributed by atoms with Crippen molar-refractivity contribution >= 4 is 5.97 Å². The molecule has 1 aromatic rings. The summed E-state index contributed by atoms with van der Waals surface area (Å²) in [5.74, 6) is -0.186. The lowest BCUT2D eigenvalue weighted by molar-refractivity contribution is -0.140. The predicted octanol–water partition coefficient (Wildman–Crippen LogP) is 1.25. The molecule has 128 valence electrons. The number of carbonyl (C=O) groups is 1. The zero-order chi connectivity index (χ0) is 16.4. The predicted molar refractivity (Wildman–Crippen MR) is 88.1 cm³/mol. The van der Waals surface area contributed by atoms with E-state index in [-0.39, 0.29) is 5.97 Å². The van der Waals surface area contributed by atoms with Gasteiger partial charge in [0.2, 0.25) is 0 Å². The first-order chi connectivity index (χ1) is 11.0. The van der Waals surface area contributed by atoms with Gasteiger partial charge in [-0.2, -0.15) is 5.10 Å². The average Bonchev–Trinajstić information content (AvgIpc) is 3.23. The maximum atomic E-state index is 11.3. The number of hydrogen-bond acceptors (Lipinski definition) is 5. The summed E-state index contributed by atoms with van der Waals surface area (Å²) in [4.78, 5) is 13.9. The number of ether oxygens (including phenoxy) is 1. The molecule has 1 spiro atoms. The summed E-state index contributed by atoms with van der Waals surface area (Å²) < 4.78 is 6.66. The minimum atomic E-state index is -0.186. The topological polar surface area (TPSA) is 59.4 Å². The van der Waals surface area contributed by atoms with Crippen molar-refractivity contribution in [1.82, 2.24) is 20.0 Å². The molecule has 2 aliphatic heterocycles. The number of methoxy groups -OCH3 is 1. The van der Waals surface area contributed by atoms with E-state index in [1.807, 2.05) is 4.68 Å². The van der Waals surface area contributed by atoms with Gasteiger partial charge in [-0.15, -0.1) is 0 Å². The molecule has 3 heterocycles. The summed E-state index contributed by atoms with van der Waals surface area (Å²) in [6.45, 7) is 10.4. The number of likely N-dealkylation sites (tertiary alicyclic amines) is 1. The molecule has 0 bridgehead atoms. The van der Waals surface area contributed by atoms with Gasteiger partial charge in [-0.1, -0.05) is 0 Å². The van der Waals surface area contributed by atoms with Crippen molar-refractivity contribution in [3.8, 4) is 0 Å². The molecule has 2 saturated heterocycles. The van der Waals surface area contributed by atoms with Crippen molar-refractivity contribution in [1.29, 1.82) is 0 Å². The zero-order valence-electron chi connectivity index (χ0n) is 14.5. The van der Waals surface area contributed by atoms with Crippen molar-refractivity contribution in [3.63, 3.8) is 0 Å². The molecule has 2 fully saturated rings. The Morgan fingerprint density at radius 1 is 1.39 bits per heavy atom. The summed E-state index contributed by atoms with van der Waals surface area (Å²) in [7, 11) is 1.43. The Balaban J connectivity index is 1.64. The Hall–Kier alpha value is -1.40. The first-order valence-corrected chi connectivity index (χ1v) is 8.56. The maximum absolute atomic E-state index is 11.3. The van der Waals surface area contributed by atoms with Crippen LogP contribution in [0, 0.1) is 19.3 Å². The van der Waals surface area contributed by atoms with E-state index in [0.717, 1.165) is 18.8 Å². The summed E-state index contributed by atoms with van der Waals surface area (Å²) in [6, 6.07) is 0. The lowest BCUT2D eigenvalue weighted by Gasteiger charge is -2.23. The number of esters is 1. The Morgan fingerprint density at radius 2 is 2.22 bits per heavy atom. The molecule has 1 unspecified atom stereocenters. The van der Waals surface area contributed by atoms with E-state index in [9.17, 15) is 4.79 Å². The molecule has 0 radical (unpaired) electrons. The van der Waals surface area contributed by atoms with Crippen LogP contribution in [0.15, 0.2) is 0 Å². The second kappa shape index (κ2) is 6.61. The first-order valence-electron chi connectivity index (χ1n) is 8.56. The number of carbonyl (C=O) groups excluding carboxylic acids is 1. The van der Waals surface area contributed by atoms with Crippen LogP contribution in [-0.2, 0) is 22.6 Å². The van der Waals surface area contributed by atoms with E-state index in [0.29, 0.717) is 18.4 Å². The summed E-state index contributed by atoms with van der Waals surface area (Å²) in [5, 5.41) is 8.13. The molecule has 0 amide bonds. The summed E-state index contributed by atoms with van der Waals surface area (Å²) >= 11 is 0. The fraction of sp³-hybridized carbons (Fsp3) is 0.765. The number of nitrogens with zero attached hydrogens (tertiary/aromatic N) is 3. The fourth-order valence-electron chi connectivity index (χ4n) is 4.01. The van der Waals surface area contributed by atoms with Crippen LogP contribution in [0.2, 0.25) is 0 Å². The van der Waals surface area contributed by atoms with Gasteiger partial charge in [-0.05, 0) is 45.2 Å². The van der Waals surface area contributed by atoms with Gasteiger partial charge >= 0.3 is 5.97 Å². The quantitative estimate of drug-likeness (QED) is 0.828. The highest BCUT2D eigenvalue weighted by molar-refractivity contribution is 5.68. The molecule has 0 aliphatic carbocycles. The van der Waals surface area contributed by atoms with E-state index in [1.54, 1.807) is 0 Å². The third-order valence-corrected chi connectivity index (χ3v) is 5.52. The van der Waals surface area contributed by atoms with Gasteiger partial charge in [0.1, 0.15) is 0 Å². The molecule has 2 aliphatic rings. The smallest absolute Gasteiger partial charge is 0.307 e. The zero-order valence-corrected chi connectivity index (χ0v) is 14.5. The number of nitrogens with one attached hydrogen (secondary N) is 1. The second-order valence-corrected chi connectivity index (χ2v) is 7.09. The maximum Gasteiger partial charge on any atom is 0.307 e. The molecule has 3 rings (SSSR count). The number of aryl methyl sites for hydroxylation is 2. The number of hydrogen-bond donors (Lipinski definition) is 1. The van der Waals surface area contributed by atoms with Gasteiger partial charge in [-0.25, -0.2) is 0 Å². The van der Waals surface area contributed by atoms with Gasteiger partial charge in [0.25, 0.3) is 0 Å². The highest BCUT2D eigenvalue weighted by atomic mass is 16.5. The molecule has 1 N–H and O–H groups in total. The third kappa shape index (κ3) is 3.43. The molecule has 1 aromatic heterocycles. The van der Waals surface area contributed by atoms with Crippen molar-refractivity contribution in [3.05, 3.63) is 17.0 Å². The van der Waals surface area contributed by atoms with E-state index < -0.39 is 0 Å². The molecule has 0 saturated carbocycles. The number of aromatic nitrogens is 2. The largest absolute Gasteiger partial charge is 0.469 e. The fourth-order valence-corrected chi connectivity index (χ4v) is 4.01.